The summed E-state index contributed by atoms with van der Waals surface area (Å²) in [4.78, 5) is 17.0. The van der Waals surface area contributed by atoms with Crippen LogP contribution in [0.4, 0.5) is 5.13 Å². The first kappa shape index (κ1) is 14.4. The zero-order valence-electron chi connectivity index (χ0n) is 13.2. The Bertz CT molecular complexity index is 803. The van der Waals surface area contributed by atoms with E-state index >= 15 is 0 Å². The Hall–Kier alpha value is -1.92. The Morgan fingerprint density at radius 3 is 3.12 bits per heavy atom. The molecule has 2 aromatic rings. The Morgan fingerprint density at radius 2 is 2.29 bits per heavy atom. The summed E-state index contributed by atoms with van der Waals surface area (Å²) in [6.07, 6.45) is 4.28. The quantitative estimate of drug-likeness (QED) is 0.930. The Labute approximate surface area is 144 Å². The zero-order valence-corrected chi connectivity index (χ0v) is 14.0. The number of aromatic nitrogens is 1. The van der Waals surface area contributed by atoms with E-state index in [1.165, 1.54) is 16.9 Å². The van der Waals surface area contributed by atoms with Gasteiger partial charge in [-0.3, -0.25) is 4.79 Å². The van der Waals surface area contributed by atoms with Crippen LogP contribution < -0.4 is 10.1 Å². The molecule has 0 spiro atoms. The van der Waals surface area contributed by atoms with E-state index in [4.69, 9.17) is 9.47 Å². The largest absolute Gasteiger partial charge is 0.493 e. The molecule has 1 N–H and O–H groups in total. The third-order valence-corrected chi connectivity index (χ3v) is 5.92. The normalized spacial score (nSPS) is 27.1. The van der Waals surface area contributed by atoms with Crippen molar-refractivity contribution in [2.24, 2.45) is 5.92 Å². The van der Waals surface area contributed by atoms with Crippen molar-refractivity contribution in [3.63, 3.8) is 0 Å². The highest BCUT2D eigenvalue weighted by atomic mass is 32.1. The molecule has 3 aliphatic heterocycles. The molecule has 5 nitrogen and oxygen atoms in total. The number of nitrogens with one attached hydrogen (secondary N) is 1. The molecule has 0 aliphatic carbocycles. The molecule has 0 radical (unpaired) electrons. The summed E-state index contributed by atoms with van der Waals surface area (Å²) in [6, 6.07) is 6.16. The molecule has 2 saturated heterocycles. The summed E-state index contributed by atoms with van der Waals surface area (Å²) in [5.74, 6) is 0.998. The molecule has 1 aromatic carbocycles. The van der Waals surface area contributed by atoms with Crippen molar-refractivity contribution in [1.82, 2.24) is 4.98 Å². The lowest BCUT2D eigenvalue weighted by atomic mass is 9.89. The van der Waals surface area contributed by atoms with Crippen LogP contribution in [0.2, 0.25) is 0 Å². The van der Waals surface area contributed by atoms with Gasteiger partial charge in [-0.2, -0.15) is 0 Å². The molecule has 24 heavy (non-hydrogen) atoms. The molecule has 2 fully saturated rings. The average molecular weight is 342 g/mol. The highest BCUT2D eigenvalue weighted by molar-refractivity contribution is 7.14. The van der Waals surface area contributed by atoms with E-state index < -0.39 is 0 Å². The van der Waals surface area contributed by atoms with Gasteiger partial charge in [0.05, 0.1) is 30.4 Å². The number of hydrogen-bond donors (Lipinski definition) is 1. The number of fused-ring (bicyclic) bond motifs is 3. The van der Waals surface area contributed by atoms with Crippen molar-refractivity contribution in [3.8, 4) is 17.0 Å². The Kier molecular flexibility index (Phi) is 3.35. The molecule has 1 amide bonds. The van der Waals surface area contributed by atoms with E-state index in [0.29, 0.717) is 5.13 Å². The predicted octanol–water partition coefficient (Wildman–Crippen LogP) is 3.25. The number of carbonyl (C=O) groups is 1. The monoisotopic (exact) mass is 342 g/mol. The van der Waals surface area contributed by atoms with Crippen LogP contribution in [0.5, 0.6) is 5.75 Å². The number of hydrogen-bond acceptors (Lipinski definition) is 5. The van der Waals surface area contributed by atoms with Crippen LogP contribution in [0.15, 0.2) is 23.6 Å². The number of thiazole rings is 1. The minimum absolute atomic E-state index is 0.0201. The van der Waals surface area contributed by atoms with E-state index in [1.807, 2.05) is 17.5 Å². The van der Waals surface area contributed by atoms with Crippen LogP contribution in [-0.4, -0.2) is 29.7 Å². The molecule has 124 valence electrons. The van der Waals surface area contributed by atoms with Gasteiger partial charge in [0.2, 0.25) is 5.91 Å². The van der Waals surface area contributed by atoms with Crippen molar-refractivity contribution < 1.29 is 14.3 Å². The molecule has 0 unspecified atom stereocenters. The molecule has 6 heteroatoms. The van der Waals surface area contributed by atoms with Crippen molar-refractivity contribution in [2.75, 3.05) is 11.9 Å². The number of rotatable bonds is 3. The van der Waals surface area contributed by atoms with Crippen molar-refractivity contribution >= 4 is 22.4 Å². The van der Waals surface area contributed by atoms with E-state index in [9.17, 15) is 4.79 Å². The maximum Gasteiger partial charge on any atom is 0.231 e. The van der Waals surface area contributed by atoms with Gasteiger partial charge >= 0.3 is 0 Å². The van der Waals surface area contributed by atoms with Gasteiger partial charge in [-0.15, -0.1) is 11.3 Å². The molecule has 1 aromatic heterocycles. The second kappa shape index (κ2) is 5.57. The molecule has 2 bridgehead atoms. The van der Waals surface area contributed by atoms with E-state index in [2.05, 4.69) is 16.4 Å². The van der Waals surface area contributed by atoms with Crippen molar-refractivity contribution in [2.45, 2.75) is 37.9 Å². The third kappa shape index (κ3) is 2.41. The highest BCUT2D eigenvalue weighted by Gasteiger charge is 2.44. The van der Waals surface area contributed by atoms with Crippen LogP contribution >= 0.6 is 11.3 Å². The first-order valence-corrected chi connectivity index (χ1v) is 9.32. The van der Waals surface area contributed by atoms with Crippen molar-refractivity contribution in [1.29, 1.82) is 0 Å². The molecule has 3 aliphatic rings. The van der Waals surface area contributed by atoms with Gasteiger partial charge in [-0.25, -0.2) is 4.98 Å². The first-order valence-electron chi connectivity index (χ1n) is 8.44. The minimum Gasteiger partial charge on any atom is -0.493 e. The van der Waals surface area contributed by atoms with Gasteiger partial charge < -0.3 is 14.8 Å². The van der Waals surface area contributed by atoms with Gasteiger partial charge in [0, 0.05) is 17.4 Å². The Morgan fingerprint density at radius 1 is 1.33 bits per heavy atom. The second-order valence-corrected chi connectivity index (χ2v) is 7.52. The van der Waals surface area contributed by atoms with Gasteiger partial charge in [0.15, 0.2) is 5.13 Å². The summed E-state index contributed by atoms with van der Waals surface area (Å²) in [5, 5.41) is 5.63. The second-order valence-electron chi connectivity index (χ2n) is 6.66. The fourth-order valence-electron chi connectivity index (χ4n) is 3.92. The SMILES string of the molecule is O=C(Nc1nc(-c2ccc3c(c2)CCO3)cs1)[C@H]1C[C@H]2CC[C@H]1O2. The first-order chi connectivity index (χ1) is 11.8. The summed E-state index contributed by atoms with van der Waals surface area (Å²) in [5.41, 5.74) is 3.19. The smallest absolute Gasteiger partial charge is 0.231 e. The number of carbonyl (C=O) groups excluding carboxylic acids is 1. The molecule has 5 rings (SSSR count). The Balaban J connectivity index is 1.31. The lowest BCUT2D eigenvalue weighted by molar-refractivity contribution is -0.121. The fourth-order valence-corrected chi connectivity index (χ4v) is 4.64. The van der Waals surface area contributed by atoms with Crippen molar-refractivity contribution in [3.05, 3.63) is 29.1 Å². The standard InChI is InChI=1S/C18H18N2O3S/c21-17(13-8-12-2-4-16(13)23-12)20-18-19-14(9-24-18)10-1-3-15-11(7-10)5-6-22-15/h1,3,7,9,12-13,16H,2,4-6,8H2,(H,19,20,21)/t12-,13+,16-/m1/s1. The molecular weight excluding hydrogens is 324 g/mol. The van der Waals surface area contributed by atoms with E-state index in [0.717, 1.165) is 49.3 Å². The maximum absolute atomic E-state index is 12.5. The minimum atomic E-state index is -0.0201. The number of benzene rings is 1. The average Bonchev–Trinajstić information content (AvgIpc) is 3.37. The number of anilines is 1. The summed E-state index contributed by atoms with van der Waals surface area (Å²) >= 11 is 1.47. The summed E-state index contributed by atoms with van der Waals surface area (Å²) in [7, 11) is 0. The summed E-state index contributed by atoms with van der Waals surface area (Å²) < 4.78 is 11.3. The van der Waals surface area contributed by atoms with Gasteiger partial charge in [0.25, 0.3) is 0 Å². The van der Waals surface area contributed by atoms with Crippen LogP contribution in [0.25, 0.3) is 11.3 Å². The molecular formula is C18H18N2O3S. The van der Waals surface area contributed by atoms with Crippen LogP contribution in [0.1, 0.15) is 24.8 Å². The highest BCUT2D eigenvalue weighted by Crippen LogP contribution is 2.39. The number of ether oxygens (including phenoxy) is 2. The van der Waals surface area contributed by atoms with Crippen LogP contribution in [0, 0.1) is 5.92 Å². The van der Waals surface area contributed by atoms with Gasteiger partial charge in [-0.05, 0) is 43.0 Å². The number of amides is 1. The number of nitrogens with zero attached hydrogens (tertiary/aromatic N) is 1. The lowest BCUT2D eigenvalue weighted by Crippen LogP contribution is -2.30. The topological polar surface area (TPSA) is 60.5 Å². The van der Waals surface area contributed by atoms with E-state index in [1.54, 1.807) is 0 Å². The fraction of sp³-hybridized carbons (Fsp3) is 0.444. The van der Waals surface area contributed by atoms with E-state index in [-0.39, 0.29) is 24.0 Å². The zero-order chi connectivity index (χ0) is 16.1. The third-order valence-electron chi connectivity index (χ3n) is 5.16. The lowest BCUT2D eigenvalue weighted by Gasteiger charge is -2.16. The molecule has 0 saturated carbocycles. The summed E-state index contributed by atoms with van der Waals surface area (Å²) in [6.45, 7) is 0.753. The molecule has 4 heterocycles. The van der Waals surface area contributed by atoms with Crippen LogP contribution in [0.3, 0.4) is 0 Å². The van der Waals surface area contributed by atoms with Gasteiger partial charge in [0.1, 0.15) is 5.75 Å². The predicted molar refractivity (Wildman–Crippen MR) is 91.4 cm³/mol. The van der Waals surface area contributed by atoms with Crippen LogP contribution in [-0.2, 0) is 16.0 Å². The van der Waals surface area contributed by atoms with Gasteiger partial charge in [-0.1, -0.05) is 0 Å². The maximum atomic E-state index is 12.5. The molecule has 3 atom stereocenters.